The molecule has 0 aliphatic heterocycles. The molecule has 0 radical (unpaired) electrons. The third-order valence-electron chi connectivity index (χ3n) is 3.56. The number of carboxylic acids is 1. The molecule has 0 aliphatic carbocycles. The fourth-order valence-electron chi connectivity index (χ4n) is 1.84. The third-order valence-corrected chi connectivity index (χ3v) is 3.56. The van der Waals surface area contributed by atoms with E-state index in [-0.39, 0.29) is 19.4 Å². The molecular formula is C15H27O7-. The average Bonchev–Trinajstić information content (AvgIpc) is 2.51. The van der Waals surface area contributed by atoms with E-state index >= 15 is 0 Å². The van der Waals surface area contributed by atoms with Crippen LogP contribution >= 0.6 is 0 Å². The lowest BCUT2D eigenvalue weighted by Crippen LogP contribution is -2.39. The zero-order chi connectivity index (χ0) is 16.8. The van der Waals surface area contributed by atoms with Crippen LogP contribution in [-0.2, 0) is 14.3 Å². The van der Waals surface area contributed by atoms with E-state index in [1.807, 2.05) is 0 Å². The van der Waals surface area contributed by atoms with E-state index in [2.05, 4.69) is 0 Å². The number of aliphatic hydroxyl groups excluding tert-OH is 3. The number of aliphatic hydroxyl groups is 3. The van der Waals surface area contributed by atoms with Crippen LogP contribution in [0.25, 0.3) is 0 Å². The van der Waals surface area contributed by atoms with Gasteiger partial charge in [0.25, 0.3) is 0 Å². The molecule has 0 rings (SSSR count). The molecule has 3 N–H and O–H groups in total. The number of rotatable bonds is 14. The predicted octanol–water partition coefficient (Wildman–Crippen LogP) is -0.636. The molecule has 0 fully saturated rings. The molecule has 22 heavy (non-hydrogen) atoms. The number of esters is 1. The van der Waals surface area contributed by atoms with E-state index in [9.17, 15) is 14.7 Å². The van der Waals surface area contributed by atoms with Gasteiger partial charge in [0.05, 0.1) is 25.2 Å². The second-order valence-corrected chi connectivity index (χ2v) is 5.63. The predicted molar refractivity (Wildman–Crippen MR) is 76.6 cm³/mol. The van der Waals surface area contributed by atoms with Crippen molar-refractivity contribution in [1.82, 2.24) is 0 Å². The zero-order valence-electron chi connectivity index (χ0n) is 13.0. The molecule has 0 aliphatic rings. The maximum absolute atomic E-state index is 11.5. The van der Waals surface area contributed by atoms with Crippen molar-refractivity contribution in [2.24, 2.45) is 5.41 Å². The van der Waals surface area contributed by atoms with Crippen LogP contribution in [0.3, 0.4) is 0 Å². The quantitative estimate of drug-likeness (QED) is 0.287. The van der Waals surface area contributed by atoms with E-state index in [1.165, 1.54) is 0 Å². The van der Waals surface area contributed by atoms with Gasteiger partial charge < -0.3 is 30.0 Å². The van der Waals surface area contributed by atoms with Gasteiger partial charge in [-0.05, 0) is 19.3 Å². The van der Waals surface area contributed by atoms with Gasteiger partial charge in [-0.3, -0.25) is 4.79 Å². The van der Waals surface area contributed by atoms with Crippen molar-refractivity contribution in [3.63, 3.8) is 0 Å². The number of hydrogen-bond donors (Lipinski definition) is 3. The highest BCUT2D eigenvalue weighted by Crippen LogP contribution is 2.16. The van der Waals surface area contributed by atoms with Gasteiger partial charge >= 0.3 is 5.97 Å². The first-order chi connectivity index (χ1) is 10.5. The summed E-state index contributed by atoms with van der Waals surface area (Å²) in [6.45, 7) is -1.59. The Hall–Kier alpha value is -1.18. The summed E-state index contributed by atoms with van der Waals surface area (Å²) in [5.41, 5.74) is -1.19. The fraction of sp³-hybridized carbons (Fsp3) is 0.867. The highest BCUT2D eigenvalue weighted by Gasteiger charge is 2.29. The Morgan fingerprint density at radius 1 is 0.818 bits per heavy atom. The van der Waals surface area contributed by atoms with Crippen molar-refractivity contribution in [2.45, 2.75) is 51.4 Å². The van der Waals surface area contributed by atoms with Crippen molar-refractivity contribution in [3.8, 4) is 0 Å². The molecular weight excluding hydrogens is 292 g/mol. The number of unbranched alkanes of at least 4 members (excludes halogenated alkanes) is 5. The molecule has 7 heteroatoms. The summed E-state index contributed by atoms with van der Waals surface area (Å²) >= 11 is 0. The molecule has 0 unspecified atom stereocenters. The van der Waals surface area contributed by atoms with Crippen LogP contribution in [-0.4, -0.2) is 53.7 Å². The number of ether oxygens (including phenoxy) is 1. The van der Waals surface area contributed by atoms with Crippen molar-refractivity contribution >= 4 is 11.9 Å². The van der Waals surface area contributed by atoms with Gasteiger partial charge in [0.1, 0.15) is 6.61 Å². The summed E-state index contributed by atoms with van der Waals surface area (Å²) < 4.78 is 4.96. The zero-order valence-corrected chi connectivity index (χ0v) is 13.0. The van der Waals surface area contributed by atoms with Gasteiger partial charge in [0.2, 0.25) is 0 Å². The van der Waals surface area contributed by atoms with Gasteiger partial charge in [0, 0.05) is 12.4 Å². The van der Waals surface area contributed by atoms with Crippen LogP contribution in [0.4, 0.5) is 0 Å². The SMILES string of the molecule is O=C([O-])CCCCCCCCC(=O)OCC(CO)(CO)CO. The number of carbonyl (C=O) groups excluding carboxylic acids is 2. The van der Waals surface area contributed by atoms with Crippen LogP contribution < -0.4 is 5.11 Å². The molecule has 0 atom stereocenters. The maximum atomic E-state index is 11.5. The molecule has 0 bridgehead atoms. The Kier molecular flexibility index (Phi) is 11.7. The minimum atomic E-state index is -1.19. The lowest BCUT2D eigenvalue weighted by Gasteiger charge is -2.26. The Morgan fingerprint density at radius 3 is 1.73 bits per heavy atom. The van der Waals surface area contributed by atoms with E-state index in [0.29, 0.717) is 12.8 Å². The number of carbonyl (C=O) groups is 2. The topological polar surface area (TPSA) is 127 Å². The van der Waals surface area contributed by atoms with E-state index in [1.54, 1.807) is 0 Å². The molecule has 0 spiro atoms. The smallest absolute Gasteiger partial charge is 0.305 e. The maximum Gasteiger partial charge on any atom is 0.305 e. The summed E-state index contributed by atoms with van der Waals surface area (Å²) in [7, 11) is 0. The molecule has 0 heterocycles. The average molecular weight is 319 g/mol. The lowest BCUT2D eigenvalue weighted by atomic mass is 9.93. The normalized spacial score (nSPS) is 11.4. The second-order valence-electron chi connectivity index (χ2n) is 5.63. The van der Waals surface area contributed by atoms with Crippen molar-refractivity contribution in [3.05, 3.63) is 0 Å². The molecule has 0 saturated carbocycles. The first kappa shape index (κ1) is 20.8. The van der Waals surface area contributed by atoms with Crippen LogP contribution in [0.1, 0.15) is 51.4 Å². The number of aliphatic carboxylic acids is 1. The Labute approximate surface area is 130 Å². The highest BCUT2D eigenvalue weighted by atomic mass is 16.5. The van der Waals surface area contributed by atoms with Crippen LogP contribution in [0.5, 0.6) is 0 Å². The molecule has 0 amide bonds. The van der Waals surface area contributed by atoms with E-state index in [4.69, 9.17) is 20.1 Å². The lowest BCUT2D eigenvalue weighted by molar-refractivity contribution is -0.305. The van der Waals surface area contributed by atoms with Crippen LogP contribution in [0, 0.1) is 5.41 Å². The summed E-state index contributed by atoms with van der Waals surface area (Å²) in [5.74, 6) is -1.44. The summed E-state index contributed by atoms with van der Waals surface area (Å²) in [6, 6.07) is 0. The first-order valence-electron chi connectivity index (χ1n) is 7.68. The van der Waals surface area contributed by atoms with Gasteiger partial charge in [-0.25, -0.2) is 0 Å². The Bertz CT molecular complexity index is 305. The summed E-state index contributed by atoms with van der Waals surface area (Å²) in [4.78, 5) is 21.7. The second kappa shape index (κ2) is 12.4. The minimum Gasteiger partial charge on any atom is -0.550 e. The van der Waals surface area contributed by atoms with E-state index in [0.717, 1.165) is 25.7 Å². The van der Waals surface area contributed by atoms with Gasteiger partial charge in [0.15, 0.2) is 0 Å². The Balaban J connectivity index is 3.60. The van der Waals surface area contributed by atoms with Crippen molar-refractivity contribution < 1.29 is 34.8 Å². The standard InChI is InChI=1S/C15H28O7/c16-9-15(10-17,11-18)12-22-14(21)8-6-4-2-1-3-5-7-13(19)20/h16-18H,1-12H2,(H,19,20)/p-1. The molecule has 130 valence electrons. The Morgan fingerprint density at radius 2 is 1.27 bits per heavy atom. The van der Waals surface area contributed by atoms with Crippen LogP contribution in [0.2, 0.25) is 0 Å². The highest BCUT2D eigenvalue weighted by molar-refractivity contribution is 5.69. The molecule has 0 aromatic rings. The first-order valence-corrected chi connectivity index (χ1v) is 7.68. The van der Waals surface area contributed by atoms with Gasteiger partial charge in [-0.1, -0.05) is 25.7 Å². The third kappa shape index (κ3) is 9.70. The van der Waals surface area contributed by atoms with Crippen molar-refractivity contribution in [2.75, 3.05) is 26.4 Å². The van der Waals surface area contributed by atoms with Crippen molar-refractivity contribution in [1.29, 1.82) is 0 Å². The largest absolute Gasteiger partial charge is 0.550 e. The monoisotopic (exact) mass is 319 g/mol. The molecule has 0 aromatic carbocycles. The number of hydrogen-bond acceptors (Lipinski definition) is 7. The molecule has 0 saturated heterocycles. The number of carboxylic acid groups (broad SMARTS) is 1. The molecule has 0 aromatic heterocycles. The van der Waals surface area contributed by atoms with E-state index < -0.39 is 37.2 Å². The minimum absolute atomic E-state index is 0.0919. The van der Waals surface area contributed by atoms with Gasteiger partial charge in [-0.2, -0.15) is 0 Å². The van der Waals surface area contributed by atoms with Gasteiger partial charge in [-0.15, -0.1) is 0 Å². The van der Waals surface area contributed by atoms with Crippen LogP contribution in [0.15, 0.2) is 0 Å². The summed E-state index contributed by atoms with van der Waals surface area (Å²) in [6.07, 6.45) is 5.17. The summed E-state index contributed by atoms with van der Waals surface area (Å²) in [5, 5.41) is 37.5. The fourth-order valence-corrected chi connectivity index (χ4v) is 1.84. The molecule has 7 nitrogen and oxygen atoms in total.